The summed E-state index contributed by atoms with van der Waals surface area (Å²) in [5, 5.41) is 4.31. The van der Waals surface area contributed by atoms with Crippen LogP contribution in [0.25, 0.3) is 11.0 Å². The Kier molecular flexibility index (Phi) is 6.53. The van der Waals surface area contributed by atoms with Crippen LogP contribution in [0.5, 0.6) is 0 Å². The highest BCUT2D eigenvalue weighted by atomic mass is 16.5. The Morgan fingerprint density at radius 1 is 0.974 bits per heavy atom. The molecule has 1 N–H and O–H groups in total. The molecule has 2 saturated carbocycles. The van der Waals surface area contributed by atoms with E-state index in [9.17, 15) is 4.79 Å². The fourth-order valence-electron chi connectivity index (χ4n) is 7.43. The molecule has 4 fully saturated rings. The molecule has 4 aliphatic rings. The second-order valence-electron chi connectivity index (χ2n) is 11.8. The molecule has 0 amide bonds. The van der Waals surface area contributed by atoms with Gasteiger partial charge in [0.1, 0.15) is 5.65 Å². The summed E-state index contributed by atoms with van der Waals surface area (Å²) >= 11 is 0. The SMILES string of the molecule is O=c1ccc2cnc(Nc3ccc(N4CCCC(CN5CCOCC5)C4)cc3)nc2n1C1CC2CCC1C2. The monoisotopic (exact) mass is 514 g/mol. The van der Waals surface area contributed by atoms with Crippen molar-refractivity contribution >= 4 is 28.4 Å². The van der Waals surface area contributed by atoms with Crippen LogP contribution in [-0.4, -0.2) is 65.4 Å². The number of nitrogens with zero attached hydrogens (tertiary/aromatic N) is 5. The first-order valence-electron chi connectivity index (χ1n) is 14.5. The standard InChI is InChI=1S/C30H38N6O2/c37-28-10-5-24-18-31-30(33-29(24)36(28)27-17-21-3-4-23(27)16-21)32-25-6-8-26(9-7-25)35-11-1-2-22(20-35)19-34-12-14-38-15-13-34/h5-10,18,21-23,27H,1-4,11-17,19-20H2,(H,31,32,33). The van der Waals surface area contributed by atoms with Crippen molar-refractivity contribution in [2.45, 2.75) is 44.6 Å². The zero-order valence-corrected chi connectivity index (χ0v) is 22.1. The van der Waals surface area contributed by atoms with Crippen molar-refractivity contribution in [1.82, 2.24) is 19.4 Å². The maximum Gasteiger partial charge on any atom is 0.252 e. The summed E-state index contributed by atoms with van der Waals surface area (Å²) in [6.45, 7) is 7.25. The smallest absolute Gasteiger partial charge is 0.252 e. The van der Waals surface area contributed by atoms with Gasteiger partial charge in [0.25, 0.3) is 5.56 Å². The number of anilines is 3. The molecule has 2 saturated heterocycles. The van der Waals surface area contributed by atoms with E-state index in [1.165, 1.54) is 44.3 Å². The Balaban J connectivity index is 1.06. The van der Waals surface area contributed by atoms with Crippen LogP contribution < -0.4 is 15.8 Å². The van der Waals surface area contributed by atoms with E-state index in [0.29, 0.717) is 17.8 Å². The fraction of sp³-hybridized carbons (Fsp3) is 0.567. The molecule has 3 aromatic rings. The number of pyridine rings is 1. The number of morpholine rings is 1. The summed E-state index contributed by atoms with van der Waals surface area (Å²) in [4.78, 5) is 27.5. The van der Waals surface area contributed by atoms with Gasteiger partial charge in [-0.05, 0) is 80.2 Å². The molecule has 8 nitrogen and oxygen atoms in total. The predicted octanol–water partition coefficient (Wildman–Crippen LogP) is 4.44. The minimum Gasteiger partial charge on any atom is -0.379 e. The van der Waals surface area contributed by atoms with Crippen LogP contribution in [0.3, 0.4) is 0 Å². The number of nitrogens with one attached hydrogen (secondary N) is 1. The molecule has 2 aliphatic carbocycles. The molecule has 0 radical (unpaired) electrons. The molecule has 0 spiro atoms. The first kappa shape index (κ1) is 24.1. The van der Waals surface area contributed by atoms with Crippen LogP contribution in [0.4, 0.5) is 17.3 Å². The molecule has 1 aromatic carbocycles. The van der Waals surface area contributed by atoms with E-state index in [4.69, 9.17) is 9.72 Å². The Morgan fingerprint density at radius 2 is 1.84 bits per heavy atom. The first-order chi connectivity index (χ1) is 18.7. The lowest BCUT2D eigenvalue weighted by atomic mass is 9.95. The Hall–Kier alpha value is -2.97. The molecule has 38 heavy (non-hydrogen) atoms. The van der Waals surface area contributed by atoms with Gasteiger partial charge in [0.05, 0.1) is 13.2 Å². The molecule has 2 aromatic heterocycles. The second kappa shape index (κ2) is 10.3. The average Bonchev–Trinajstić information content (AvgIpc) is 3.58. The number of benzene rings is 1. The summed E-state index contributed by atoms with van der Waals surface area (Å²) in [6, 6.07) is 12.4. The summed E-state index contributed by atoms with van der Waals surface area (Å²) in [5.41, 5.74) is 3.04. The van der Waals surface area contributed by atoms with Crippen LogP contribution in [0.15, 0.2) is 47.4 Å². The molecule has 4 unspecified atom stereocenters. The zero-order chi connectivity index (χ0) is 25.5. The Morgan fingerprint density at radius 3 is 2.63 bits per heavy atom. The van der Waals surface area contributed by atoms with Crippen LogP contribution >= 0.6 is 0 Å². The second-order valence-corrected chi connectivity index (χ2v) is 11.8. The zero-order valence-electron chi connectivity index (χ0n) is 22.1. The van der Waals surface area contributed by atoms with Crippen LogP contribution in [0.1, 0.15) is 44.6 Å². The quantitative estimate of drug-likeness (QED) is 0.521. The Bertz CT molecular complexity index is 1330. The molecule has 4 heterocycles. The third kappa shape index (κ3) is 4.80. The number of rotatable bonds is 6. The highest BCUT2D eigenvalue weighted by Gasteiger charge is 2.41. The lowest BCUT2D eigenvalue weighted by molar-refractivity contribution is 0.0296. The van der Waals surface area contributed by atoms with Gasteiger partial charge >= 0.3 is 0 Å². The molecular formula is C30H38N6O2. The number of ether oxygens (including phenoxy) is 1. The van der Waals surface area contributed by atoms with Gasteiger partial charge in [-0.25, -0.2) is 4.98 Å². The van der Waals surface area contributed by atoms with Gasteiger partial charge in [-0.1, -0.05) is 6.42 Å². The van der Waals surface area contributed by atoms with Crippen molar-refractivity contribution in [2.75, 3.05) is 56.2 Å². The van der Waals surface area contributed by atoms with E-state index < -0.39 is 0 Å². The van der Waals surface area contributed by atoms with Crippen LogP contribution in [-0.2, 0) is 4.74 Å². The minimum atomic E-state index is 0.0532. The molecular weight excluding hydrogens is 476 g/mol. The third-order valence-corrected chi connectivity index (χ3v) is 9.33. The van der Waals surface area contributed by atoms with Gasteiger partial charge in [0.15, 0.2) is 0 Å². The Labute approximate surface area is 224 Å². The van der Waals surface area contributed by atoms with E-state index in [-0.39, 0.29) is 11.6 Å². The highest BCUT2D eigenvalue weighted by Crippen LogP contribution is 2.50. The minimum absolute atomic E-state index is 0.0532. The van der Waals surface area contributed by atoms with Crippen LogP contribution in [0, 0.1) is 17.8 Å². The number of fused-ring (bicyclic) bond motifs is 3. The van der Waals surface area contributed by atoms with E-state index >= 15 is 0 Å². The topological polar surface area (TPSA) is 75.5 Å². The van der Waals surface area contributed by atoms with E-state index in [0.717, 1.165) is 68.5 Å². The van der Waals surface area contributed by atoms with Gasteiger partial charge in [-0.3, -0.25) is 14.3 Å². The molecule has 4 atom stereocenters. The third-order valence-electron chi connectivity index (χ3n) is 9.33. The lowest BCUT2D eigenvalue weighted by Crippen LogP contribution is -2.44. The maximum absolute atomic E-state index is 13.0. The normalized spacial score (nSPS) is 27.7. The van der Waals surface area contributed by atoms with Crippen molar-refractivity contribution in [1.29, 1.82) is 0 Å². The molecule has 7 rings (SSSR count). The highest BCUT2D eigenvalue weighted by molar-refractivity contribution is 5.76. The largest absolute Gasteiger partial charge is 0.379 e. The van der Waals surface area contributed by atoms with Crippen LogP contribution in [0.2, 0.25) is 0 Å². The molecule has 200 valence electrons. The van der Waals surface area contributed by atoms with Crippen molar-refractivity contribution in [3.63, 3.8) is 0 Å². The van der Waals surface area contributed by atoms with E-state index in [2.05, 4.69) is 44.4 Å². The first-order valence-corrected chi connectivity index (χ1v) is 14.5. The number of piperidine rings is 1. The predicted molar refractivity (Wildman–Crippen MR) is 150 cm³/mol. The summed E-state index contributed by atoms with van der Waals surface area (Å²) in [6.07, 6.45) is 9.27. The lowest BCUT2D eigenvalue weighted by Gasteiger charge is -2.38. The van der Waals surface area contributed by atoms with Gasteiger partial charge in [-0.2, -0.15) is 4.98 Å². The van der Waals surface area contributed by atoms with Gasteiger partial charge in [0, 0.05) is 67.8 Å². The molecule has 2 bridgehead atoms. The molecule has 2 aliphatic heterocycles. The summed E-state index contributed by atoms with van der Waals surface area (Å²) in [7, 11) is 0. The molecule has 8 heteroatoms. The van der Waals surface area contributed by atoms with E-state index in [1.54, 1.807) is 6.07 Å². The summed E-state index contributed by atoms with van der Waals surface area (Å²) < 4.78 is 7.47. The van der Waals surface area contributed by atoms with Crippen molar-refractivity contribution < 1.29 is 4.74 Å². The van der Waals surface area contributed by atoms with E-state index in [1.807, 2.05) is 16.8 Å². The maximum atomic E-state index is 13.0. The van der Waals surface area contributed by atoms with Gasteiger partial charge < -0.3 is 15.0 Å². The van der Waals surface area contributed by atoms with Crippen molar-refractivity contribution in [3.8, 4) is 0 Å². The average molecular weight is 515 g/mol. The fourth-order valence-corrected chi connectivity index (χ4v) is 7.43. The van der Waals surface area contributed by atoms with Crippen molar-refractivity contribution in [2.24, 2.45) is 17.8 Å². The van der Waals surface area contributed by atoms with Gasteiger partial charge in [0.2, 0.25) is 5.95 Å². The number of hydrogen-bond acceptors (Lipinski definition) is 7. The summed E-state index contributed by atoms with van der Waals surface area (Å²) in [5.74, 6) is 2.61. The number of hydrogen-bond donors (Lipinski definition) is 1. The van der Waals surface area contributed by atoms with Gasteiger partial charge in [-0.15, -0.1) is 0 Å². The number of aromatic nitrogens is 3. The van der Waals surface area contributed by atoms with Crippen molar-refractivity contribution in [3.05, 3.63) is 52.9 Å².